The minimum Gasteiger partial charge on any atom is -0.246 e. The molecule has 0 aliphatic carbocycles. The topological polar surface area (TPSA) is 30.2 Å². The van der Waals surface area contributed by atoms with E-state index in [1.165, 1.54) is 22.3 Å². The molecule has 4 heteroatoms. The van der Waals surface area contributed by atoms with E-state index in [0.717, 1.165) is 27.6 Å². The van der Waals surface area contributed by atoms with Crippen molar-refractivity contribution >= 4 is 17.3 Å². The van der Waals surface area contributed by atoms with Crippen molar-refractivity contribution in [1.82, 2.24) is 14.6 Å². The Morgan fingerprint density at radius 3 is 2.50 bits per heavy atom. The zero-order chi connectivity index (χ0) is 18.1. The number of nitrogens with zero attached hydrogens (tertiary/aromatic N) is 3. The van der Waals surface area contributed by atoms with Crippen LogP contribution in [-0.4, -0.2) is 14.6 Å². The lowest BCUT2D eigenvalue weighted by molar-refractivity contribution is 0.920. The van der Waals surface area contributed by atoms with Gasteiger partial charge < -0.3 is 0 Å². The Morgan fingerprint density at radius 2 is 1.73 bits per heavy atom. The van der Waals surface area contributed by atoms with Gasteiger partial charge in [-0.3, -0.25) is 0 Å². The number of hydrogen-bond acceptors (Lipinski definition) is 3. The third-order valence-corrected chi connectivity index (χ3v) is 5.72. The molecule has 0 spiro atoms. The number of rotatable bonds is 4. The SMILES string of the molecule is Cc1ccc(CSc2nccn3nc(-c4ccc(C)c(C)c4)cc23)cc1. The zero-order valence-corrected chi connectivity index (χ0v) is 16.0. The molecule has 26 heavy (non-hydrogen) atoms. The normalized spacial score (nSPS) is 11.2. The van der Waals surface area contributed by atoms with Crippen molar-refractivity contribution in [3.63, 3.8) is 0 Å². The summed E-state index contributed by atoms with van der Waals surface area (Å²) in [6.45, 7) is 6.38. The molecule has 0 saturated heterocycles. The van der Waals surface area contributed by atoms with E-state index < -0.39 is 0 Å². The Labute approximate surface area is 158 Å². The Hall–Kier alpha value is -2.59. The highest BCUT2D eigenvalue weighted by molar-refractivity contribution is 7.98. The second-order valence-corrected chi connectivity index (χ2v) is 7.63. The first-order valence-corrected chi connectivity index (χ1v) is 9.69. The molecule has 0 atom stereocenters. The fourth-order valence-corrected chi connectivity index (χ4v) is 3.82. The molecule has 0 fully saturated rings. The van der Waals surface area contributed by atoms with E-state index >= 15 is 0 Å². The first-order valence-electron chi connectivity index (χ1n) is 8.70. The molecule has 0 unspecified atom stereocenters. The number of aryl methyl sites for hydroxylation is 3. The molecule has 0 aliphatic rings. The lowest BCUT2D eigenvalue weighted by Crippen LogP contribution is -1.91. The van der Waals surface area contributed by atoms with E-state index in [4.69, 9.17) is 5.10 Å². The van der Waals surface area contributed by atoms with Gasteiger partial charge in [0.25, 0.3) is 0 Å². The van der Waals surface area contributed by atoms with Gasteiger partial charge in [-0.1, -0.05) is 53.7 Å². The van der Waals surface area contributed by atoms with Crippen LogP contribution in [0.5, 0.6) is 0 Å². The molecule has 4 rings (SSSR count). The van der Waals surface area contributed by atoms with Crippen molar-refractivity contribution in [2.75, 3.05) is 0 Å². The highest BCUT2D eigenvalue weighted by Crippen LogP contribution is 2.28. The van der Waals surface area contributed by atoms with Crippen molar-refractivity contribution < 1.29 is 0 Å². The standard InChI is InChI=1S/C22H21N3S/c1-15-4-7-18(8-5-15)14-26-22-21-13-20(24-25(21)11-10-23-22)19-9-6-16(2)17(3)12-19/h4-13H,14H2,1-3H3. The number of thioether (sulfide) groups is 1. The van der Waals surface area contributed by atoms with E-state index in [-0.39, 0.29) is 0 Å². The molecule has 0 N–H and O–H groups in total. The van der Waals surface area contributed by atoms with Gasteiger partial charge >= 0.3 is 0 Å². The van der Waals surface area contributed by atoms with E-state index in [0.29, 0.717) is 0 Å². The molecule has 3 nitrogen and oxygen atoms in total. The smallest absolute Gasteiger partial charge is 0.122 e. The van der Waals surface area contributed by atoms with Crippen molar-refractivity contribution in [1.29, 1.82) is 0 Å². The highest BCUT2D eigenvalue weighted by atomic mass is 32.2. The molecule has 0 saturated carbocycles. The Bertz CT molecular complexity index is 1060. The molecule has 0 radical (unpaired) electrons. The number of benzene rings is 2. The van der Waals surface area contributed by atoms with E-state index in [1.807, 2.05) is 16.9 Å². The average molecular weight is 359 g/mol. The van der Waals surface area contributed by atoms with E-state index in [2.05, 4.69) is 74.3 Å². The van der Waals surface area contributed by atoms with E-state index in [9.17, 15) is 0 Å². The van der Waals surface area contributed by atoms with Gasteiger partial charge in [0.05, 0.1) is 11.2 Å². The summed E-state index contributed by atoms with van der Waals surface area (Å²) >= 11 is 1.75. The number of hydrogen-bond donors (Lipinski definition) is 0. The Morgan fingerprint density at radius 1 is 0.923 bits per heavy atom. The van der Waals surface area contributed by atoms with Gasteiger partial charge in [0.2, 0.25) is 0 Å². The van der Waals surface area contributed by atoms with Crippen LogP contribution in [0.4, 0.5) is 0 Å². The van der Waals surface area contributed by atoms with Crippen molar-refractivity contribution in [2.45, 2.75) is 31.6 Å². The van der Waals surface area contributed by atoms with Gasteiger partial charge in [0, 0.05) is 23.7 Å². The minimum absolute atomic E-state index is 0.900. The summed E-state index contributed by atoms with van der Waals surface area (Å²) in [4.78, 5) is 4.58. The monoisotopic (exact) mass is 359 g/mol. The van der Waals surface area contributed by atoms with Gasteiger partial charge in [-0.05, 0) is 49.6 Å². The molecule has 2 aromatic carbocycles. The van der Waals surface area contributed by atoms with Crippen molar-refractivity contribution in [3.8, 4) is 11.3 Å². The third-order valence-electron chi connectivity index (χ3n) is 4.65. The fraction of sp³-hybridized carbons (Fsp3) is 0.182. The molecule has 0 aliphatic heterocycles. The largest absolute Gasteiger partial charge is 0.246 e. The van der Waals surface area contributed by atoms with Crippen LogP contribution >= 0.6 is 11.8 Å². The summed E-state index contributed by atoms with van der Waals surface area (Å²) in [5.41, 5.74) is 8.36. The molecular weight excluding hydrogens is 338 g/mol. The second-order valence-electron chi connectivity index (χ2n) is 6.67. The summed E-state index contributed by atoms with van der Waals surface area (Å²) in [6.07, 6.45) is 3.73. The maximum atomic E-state index is 4.74. The first kappa shape index (κ1) is 16.9. The quantitative estimate of drug-likeness (QED) is 0.443. The zero-order valence-electron chi connectivity index (χ0n) is 15.2. The molecule has 2 aromatic heterocycles. The van der Waals surface area contributed by atoms with E-state index in [1.54, 1.807) is 11.8 Å². The average Bonchev–Trinajstić information content (AvgIpc) is 3.08. The molecular formula is C22H21N3S. The van der Waals surface area contributed by atoms with Crippen molar-refractivity contribution in [3.05, 3.63) is 83.2 Å². The maximum absolute atomic E-state index is 4.74. The predicted octanol–water partition coefficient (Wildman–Crippen LogP) is 5.61. The fourth-order valence-electron chi connectivity index (χ4n) is 2.89. The predicted molar refractivity (Wildman–Crippen MR) is 109 cm³/mol. The van der Waals surface area contributed by atoms with Crippen LogP contribution in [0.2, 0.25) is 0 Å². The van der Waals surface area contributed by atoms with Crippen LogP contribution in [0.1, 0.15) is 22.3 Å². The van der Waals surface area contributed by atoms with Gasteiger partial charge in [-0.2, -0.15) is 5.10 Å². The Balaban J connectivity index is 1.64. The summed E-state index contributed by atoms with van der Waals surface area (Å²) < 4.78 is 1.93. The van der Waals surface area contributed by atoms with Gasteiger partial charge in [-0.25, -0.2) is 9.50 Å². The summed E-state index contributed by atoms with van der Waals surface area (Å²) in [6, 6.07) is 17.3. The minimum atomic E-state index is 0.900. The number of aromatic nitrogens is 3. The molecule has 0 bridgehead atoms. The highest BCUT2D eigenvalue weighted by Gasteiger charge is 2.10. The number of fused-ring (bicyclic) bond motifs is 1. The van der Waals surface area contributed by atoms with Gasteiger partial charge in [0.15, 0.2) is 0 Å². The Kier molecular flexibility index (Phi) is 4.51. The van der Waals surface area contributed by atoms with Crippen LogP contribution in [0.15, 0.2) is 66.0 Å². The summed E-state index contributed by atoms with van der Waals surface area (Å²) in [5.74, 6) is 0.900. The molecule has 0 amide bonds. The van der Waals surface area contributed by atoms with Gasteiger partial charge in [0.1, 0.15) is 5.03 Å². The molecule has 4 aromatic rings. The third kappa shape index (κ3) is 3.37. The lowest BCUT2D eigenvalue weighted by atomic mass is 10.0. The van der Waals surface area contributed by atoms with Gasteiger partial charge in [-0.15, -0.1) is 0 Å². The van der Waals surface area contributed by atoms with Crippen LogP contribution in [0.25, 0.3) is 16.8 Å². The summed E-state index contributed by atoms with van der Waals surface area (Å²) in [5, 5.41) is 5.75. The van der Waals surface area contributed by atoms with Crippen LogP contribution in [0, 0.1) is 20.8 Å². The lowest BCUT2D eigenvalue weighted by Gasteiger charge is -2.03. The first-order chi connectivity index (χ1) is 12.6. The molecule has 2 heterocycles. The second kappa shape index (κ2) is 6.96. The maximum Gasteiger partial charge on any atom is 0.122 e. The van der Waals surface area contributed by atoms with Crippen molar-refractivity contribution in [2.24, 2.45) is 0 Å². The molecule has 130 valence electrons. The van der Waals surface area contributed by atoms with Crippen LogP contribution in [0.3, 0.4) is 0 Å². The summed E-state index contributed by atoms with van der Waals surface area (Å²) in [7, 11) is 0. The van der Waals surface area contributed by atoms with Crippen LogP contribution < -0.4 is 0 Å². The van der Waals surface area contributed by atoms with Crippen LogP contribution in [-0.2, 0) is 5.75 Å².